The Kier molecular flexibility index (Phi) is 1.79. The summed E-state index contributed by atoms with van der Waals surface area (Å²) in [6.07, 6.45) is 1.77. The molecule has 1 N–H and O–H groups in total. The minimum Gasteiger partial charge on any atom is -0.339 e. The van der Waals surface area contributed by atoms with Gasteiger partial charge in [0.05, 0.1) is 4.51 Å². The second-order valence-corrected chi connectivity index (χ2v) is 3.81. The van der Waals surface area contributed by atoms with Gasteiger partial charge in [0.2, 0.25) is 0 Å². The number of aromatic nitrogens is 2. The van der Waals surface area contributed by atoms with Gasteiger partial charge in [-0.1, -0.05) is 30.4 Å². The average Bonchev–Trinajstić information content (AvgIpc) is 2.30. The normalized spacial score (nSPS) is 10.9. The Balaban J connectivity index is 2.66. The summed E-state index contributed by atoms with van der Waals surface area (Å²) >= 11 is 5.44. The fraction of sp³-hybridized carbons (Fsp3) is 0. The molecule has 0 aliphatic carbocycles. The molecule has 0 unspecified atom stereocenters. The van der Waals surface area contributed by atoms with Crippen LogP contribution in [0, 0.1) is 4.51 Å². The van der Waals surface area contributed by atoms with Crippen LogP contribution in [0.15, 0.2) is 42.6 Å². The Hall–Kier alpha value is -1.74. The zero-order valence-corrected chi connectivity index (χ0v) is 8.71. The lowest BCUT2D eigenvalue weighted by Crippen LogP contribution is -1.86. The van der Waals surface area contributed by atoms with E-state index in [2.05, 4.69) is 9.97 Å². The van der Waals surface area contributed by atoms with Crippen molar-refractivity contribution in [2.24, 2.45) is 0 Å². The second kappa shape index (κ2) is 3.14. The van der Waals surface area contributed by atoms with E-state index in [0.29, 0.717) is 0 Å². The van der Waals surface area contributed by atoms with Crippen LogP contribution in [0.3, 0.4) is 0 Å². The molecule has 0 spiro atoms. The first kappa shape index (κ1) is 8.56. The predicted octanol–water partition coefficient (Wildman–Crippen LogP) is 3.45. The van der Waals surface area contributed by atoms with Crippen molar-refractivity contribution in [3.05, 3.63) is 47.1 Å². The largest absolute Gasteiger partial charge is 0.339 e. The molecular weight excluding hydrogens is 204 g/mol. The van der Waals surface area contributed by atoms with Crippen molar-refractivity contribution in [3.8, 4) is 0 Å². The fourth-order valence-corrected chi connectivity index (χ4v) is 2.09. The summed E-state index contributed by atoms with van der Waals surface area (Å²) in [4.78, 5) is 7.54. The Morgan fingerprint density at radius 1 is 1.00 bits per heavy atom. The molecule has 3 aromatic rings. The summed E-state index contributed by atoms with van der Waals surface area (Å²) in [6.45, 7) is 0. The van der Waals surface area contributed by atoms with Crippen molar-refractivity contribution >= 4 is 34.2 Å². The minimum absolute atomic E-state index is 0.848. The molecule has 0 saturated carbocycles. The van der Waals surface area contributed by atoms with Gasteiger partial charge in [-0.05, 0) is 18.2 Å². The number of rotatable bonds is 0. The maximum absolute atomic E-state index is 5.44. The fourth-order valence-electron chi connectivity index (χ4n) is 1.75. The number of hydrogen-bond acceptors (Lipinski definition) is 2. The first-order chi connectivity index (χ1) is 7.36. The number of pyridine rings is 2. The molecule has 0 bridgehead atoms. The van der Waals surface area contributed by atoms with E-state index in [1.807, 2.05) is 36.4 Å². The predicted molar refractivity (Wildman–Crippen MR) is 64.4 cm³/mol. The van der Waals surface area contributed by atoms with Crippen LogP contribution in [0.1, 0.15) is 0 Å². The van der Waals surface area contributed by atoms with Crippen LogP contribution < -0.4 is 0 Å². The molecule has 0 amide bonds. The number of para-hydroxylation sites is 1. The van der Waals surface area contributed by atoms with Gasteiger partial charge in [0.1, 0.15) is 5.65 Å². The molecule has 2 nitrogen and oxygen atoms in total. The van der Waals surface area contributed by atoms with E-state index in [0.717, 1.165) is 26.4 Å². The number of aromatic amines is 1. The highest BCUT2D eigenvalue weighted by molar-refractivity contribution is 7.72. The van der Waals surface area contributed by atoms with E-state index >= 15 is 0 Å². The molecule has 2 aromatic heterocycles. The number of benzene rings is 1. The standard InChI is InChI=1S/C12H8N2S/c15-11-8-4-1-2-6-10(8)14-12-9(11)5-3-7-13-12/h1-7H,(H,13,14,15). The van der Waals surface area contributed by atoms with Crippen molar-refractivity contribution in [1.29, 1.82) is 0 Å². The van der Waals surface area contributed by atoms with Crippen molar-refractivity contribution in [2.75, 3.05) is 0 Å². The van der Waals surface area contributed by atoms with Crippen molar-refractivity contribution in [2.45, 2.75) is 0 Å². The van der Waals surface area contributed by atoms with E-state index in [1.54, 1.807) is 6.20 Å². The lowest BCUT2D eigenvalue weighted by Gasteiger charge is -2.01. The number of H-pyrrole nitrogens is 1. The first-order valence-corrected chi connectivity index (χ1v) is 5.13. The van der Waals surface area contributed by atoms with Crippen LogP contribution in [0.5, 0.6) is 0 Å². The molecule has 3 heteroatoms. The highest BCUT2D eigenvalue weighted by Crippen LogP contribution is 2.20. The summed E-state index contributed by atoms with van der Waals surface area (Å²) in [5.74, 6) is 0. The topological polar surface area (TPSA) is 28.7 Å². The lowest BCUT2D eigenvalue weighted by atomic mass is 10.2. The molecule has 1 aromatic carbocycles. The van der Waals surface area contributed by atoms with Crippen LogP contribution in [-0.4, -0.2) is 9.97 Å². The van der Waals surface area contributed by atoms with Crippen molar-refractivity contribution < 1.29 is 0 Å². The molecule has 0 radical (unpaired) electrons. The Labute approximate surface area is 91.6 Å². The van der Waals surface area contributed by atoms with Crippen LogP contribution in [0.25, 0.3) is 21.9 Å². The van der Waals surface area contributed by atoms with Gasteiger partial charge in [-0.15, -0.1) is 0 Å². The van der Waals surface area contributed by atoms with Gasteiger partial charge in [0.25, 0.3) is 0 Å². The van der Waals surface area contributed by atoms with Gasteiger partial charge < -0.3 is 4.98 Å². The number of nitrogens with one attached hydrogen (secondary N) is 1. The maximum atomic E-state index is 5.44. The Morgan fingerprint density at radius 2 is 1.80 bits per heavy atom. The van der Waals surface area contributed by atoms with E-state index < -0.39 is 0 Å². The number of hydrogen-bond donors (Lipinski definition) is 1. The molecule has 72 valence electrons. The third kappa shape index (κ3) is 1.24. The monoisotopic (exact) mass is 212 g/mol. The van der Waals surface area contributed by atoms with Gasteiger partial charge in [-0.3, -0.25) is 0 Å². The maximum Gasteiger partial charge on any atom is 0.139 e. The highest BCUT2D eigenvalue weighted by atomic mass is 32.1. The summed E-state index contributed by atoms with van der Waals surface area (Å²) in [5.41, 5.74) is 1.88. The van der Waals surface area contributed by atoms with Gasteiger partial charge in [0.15, 0.2) is 0 Å². The first-order valence-electron chi connectivity index (χ1n) is 4.72. The summed E-state index contributed by atoms with van der Waals surface area (Å²) in [5, 5.41) is 2.08. The minimum atomic E-state index is 0.848. The van der Waals surface area contributed by atoms with E-state index in [1.165, 1.54) is 0 Å². The SMILES string of the molecule is S=c1c2ccccc2[nH]c2ncccc12. The molecule has 3 rings (SSSR count). The van der Waals surface area contributed by atoms with Crippen LogP contribution >= 0.6 is 12.2 Å². The Bertz CT molecular complexity index is 643. The van der Waals surface area contributed by atoms with Gasteiger partial charge in [-0.25, -0.2) is 4.98 Å². The second-order valence-electron chi connectivity index (χ2n) is 3.40. The van der Waals surface area contributed by atoms with Crippen LogP contribution in [-0.2, 0) is 0 Å². The van der Waals surface area contributed by atoms with Crippen LogP contribution in [0.2, 0.25) is 0 Å². The quantitative estimate of drug-likeness (QED) is 0.456. The number of nitrogens with zero attached hydrogens (tertiary/aromatic N) is 1. The zero-order chi connectivity index (χ0) is 10.3. The van der Waals surface area contributed by atoms with Crippen LogP contribution in [0.4, 0.5) is 0 Å². The molecule has 0 atom stereocenters. The molecule has 0 saturated heterocycles. The van der Waals surface area contributed by atoms with Crippen molar-refractivity contribution in [1.82, 2.24) is 9.97 Å². The van der Waals surface area contributed by atoms with Gasteiger partial charge in [0, 0.05) is 22.5 Å². The molecule has 0 aliphatic heterocycles. The van der Waals surface area contributed by atoms with Gasteiger partial charge >= 0.3 is 0 Å². The summed E-state index contributed by atoms with van der Waals surface area (Å²) in [7, 11) is 0. The summed E-state index contributed by atoms with van der Waals surface area (Å²) in [6, 6.07) is 11.9. The Morgan fingerprint density at radius 3 is 2.73 bits per heavy atom. The summed E-state index contributed by atoms with van der Waals surface area (Å²) < 4.78 is 0.868. The van der Waals surface area contributed by atoms with E-state index in [4.69, 9.17) is 12.2 Å². The third-order valence-electron chi connectivity index (χ3n) is 2.48. The smallest absolute Gasteiger partial charge is 0.139 e. The average molecular weight is 212 g/mol. The van der Waals surface area contributed by atoms with Gasteiger partial charge in [-0.2, -0.15) is 0 Å². The molecule has 15 heavy (non-hydrogen) atoms. The van der Waals surface area contributed by atoms with E-state index in [9.17, 15) is 0 Å². The number of fused-ring (bicyclic) bond motifs is 2. The third-order valence-corrected chi connectivity index (χ3v) is 2.92. The zero-order valence-electron chi connectivity index (χ0n) is 7.90. The highest BCUT2D eigenvalue weighted by Gasteiger charge is 2.00. The molecule has 0 aliphatic rings. The molecule has 0 fully saturated rings. The lowest BCUT2D eigenvalue weighted by molar-refractivity contribution is 1.32. The van der Waals surface area contributed by atoms with E-state index in [-0.39, 0.29) is 0 Å². The van der Waals surface area contributed by atoms with Crippen molar-refractivity contribution in [3.63, 3.8) is 0 Å². The molecule has 2 heterocycles. The molecular formula is C12H8N2S.